The molecule has 0 bridgehead atoms. The lowest BCUT2D eigenvalue weighted by Gasteiger charge is -2.09. The van der Waals surface area contributed by atoms with E-state index in [0.29, 0.717) is 5.56 Å². The Morgan fingerprint density at radius 1 is 1.04 bits per heavy atom. The van der Waals surface area contributed by atoms with Crippen molar-refractivity contribution in [2.45, 2.75) is 46.0 Å². The van der Waals surface area contributed by atoms with E-state index in [-0.39, 0.29) is 5.91 Å². The SMILES string of the molecule is CCCCCCCOc1ccc(NC(=O)c2ccc(C)c(I)c2)cc1. The molecule has 0 saturated carbocycles. The Balaban J connectivity index is 1.81. The Hall–Kier alpha value is -1.56. The molecule has 2 aromatic carbocycles. The van der Waals surface area contributed by atoms with Crippen LogP contribution in [0.4, 0.5) is 5.69 Å². The van der Waals surface area contributed by atoms with Crippen LogP contribution in [-0.2, 0) is 0 Å². The minimum absolute atomic E-state index is 0.0949. The zero-order valence-corrected chi connectivity index (χ0v) is 17.1. The Morgan fingerprint density at radius 2 is 1.76 bits per heavy atom. The smallest absolute Gasteiger partial charge is 0.255 e. The predicted molar refractivity (Wildman–Crippen MR) is 113 cm³/mol. The molecule has 134 valence electrons. The molecular weight excluding hydrogens is 425 g/mol. The lowest BCUT2D eigenvalue weighted by atomic mass is 10.1. The van der Waals surface area contributed by atoms with Crippen molar-refractivity contribution in [2.24, 2.45) is 0 Å². The summed E-state index contributed by atoms with van der Waals surface area (Å²) in [5.41, 5.74) is 2.62. The molecule has 25 heavy (non-hydrogen) atoms. The minimum Gasteiger partial charge on any atom is -0.494 e. The first-order valence-electron chi connectivity index (χ1n) is 8.90. The summed E-state index contributed by atoms with van der Waals surface area (Å²) < 4.78 is 6.84. The molecule has 0 spiro atoms. The molecule has 0 heterocycles. The molecule has 2 rings (SSSR count). The van der Waals surface area contributed by atoms with Crippen LogP contribution in [0.2, 0.25) is 0 Å². The first-order chi connectivity index (χ1) is 12.1. The number of unbranched alkanes of at least 4 members (excludes halogenated alkanes) is 4. The third-order valence-electron chi connectivity index (χ3n) is 4.06. The summed E-state index contributed by atoms with van der Waals surface area (Å²) in [6.07, 6.45) is 6.15. The number of ether oxygens (including phenoxy) is 1. The summed E-state index contributed by atoms with van der Waals surface area (Å²) in [6.45, 7) is 5.00. The van der Waals surface area contributed by atoms with Crippen LogP contribution in [0, 0.1) is 10.5 Å². The number of anilines is 1. The Morgan fingerprint density at radius 3 is 2.44 bits per heavy atom. The molecule has 0 aliphatic carbocycles. The van der Waals surface area contributed by atoms with Crippen LogP contribution in [0.5, 0.6) is 5.75 Å². The van der Waals surface area contributed by atoms with Crippen LogP contribution >= 0.6 is 22.6 Å². The van der Waals surface area contributed by atoms with Crippen molar-refractivity contribution in [1.82, 2.24) is 0 Å². The van der Waals surface area contributed by atoms with Gasteiger partial charge in [-0.05, 0) is 77.9 Å². The van der Waals surface area contributed by atoms with Gasteiger partial charge < -0.3 is 10.1 Å². The van der Waals surface area contributed by atoms with Gasteiger partial charge in [0.1, 0.15) is 5.75 Å². The minimum atomic E-state index is -0.0949. The van der Waals surface area contributed by atoms with Crippen LogP contribution in [-0.4, -0.2) is 12.5 Å². The number of carbonyl (C=O) groups is 1. The summed E-state index contributed by atoms with van der Waals surface area (Å²) in [6, 6.07) is 13.3. The van der Waals surface area contributed by atoms with Crippen molar-refractivity contribution >= 4 is 34.2 Å². The molecule has 1 amide bonds. The van der Waals surface area contributed by atoms with Crippen LogP contribution in [0.15, 0.2) is 42.5 Å². The number of halogens is 1. The normalized spacial score (nSPS) is 10.5. The third kappa shape index (κ3) is 6.69. The fourth-order valence-electron chi connectivity index (χ4n) is 2.47. The molecule has 2 aromatic rings. The quantitative estimate of drug-likeness (QED) is 0.364. The fraction of sp³-hybridized carbons (Fsp3) is 0.381. The maximum Gasteiger partial charge on any atom is 0.255 e. The predicted octanol–water partition coefficient (Wildman–Crippen LogP) is 6.20. The van der Waals surface area contributed by atoms with Gasteiger partial charge in [0.25, 0.3) is 5.91 Å². The van der Waals surface area contributed by atoms with Crippen molar-refractivity contribution in [3.63, 3.8) is 0 Å². The van der Waals surface area contributed by atoms with Gasteiger partial charge in [-0.2, -0.15) is 0 Å². The Bertz CT molecular complexity index is 683. The zero-order valence-electron chi connectivity index (χ0n) is 15.0. The number of amides is 1. The van der Waals surface area contributed by atoms with Crippen LogP contribution in [0.25, 0.3) is 0 Å². The summed E-state index contributed by atoms with van der Waals surface area (Å²) in [7, 11) is 0. The van der Waals surface area contributed by atoms with Gasteiger partial charge >= 0.3 is 0 Å². The average molecular weight is 451 g/mol. The maximum atomic E-state index is 12.3. The van der Waals surface area contributed by atoms with E-state index in [1.807, 2.05) is 49.4 Å². The van der Waals surface area contributed by atoms with E-state index in [0.717, 1.165) is 28.0 Å². The molecule has 3 nitrogen and oxygen atoms in total. The molecule has 1 N–H and O–H groups in total. The van der Waals surface area contributed by atoms with Gasteiger partial charge in [-0.25, -0.2) is 0 Å². The molecule has 0 aromatic heterocycles. The monoisotopic (exact) mass is 451 g/mol. The molecular formula is C21H26INO2. The molecule has 0 aliphatic rings. The number of nitrogens with one attached hydrogen (secondary N) is 1. The van der Waals surface area contributed by atoms with Crippen molar-refractivity contribution in [3.05, 3.63) is 57.2 Å². The number of benzene rings is 2. The van der Waals surface area contributed by atoms with Crippen molar-refractivity contribution in [2.75, 3.05) is 11.9 Å². The summed E-state index contributed by atoms with van der Waals surface area (Å²) in [4.78, 5) is 12.3. The Kier molecular flexibility index (Phi) is 8.25. The second kappa shape index (κ2) is 10.4. The van der Waals surface area contributed by atoms with E-state index < -0.39 is 0 Å². The second-order valence-corrected chi connectivity index (χ2v) is 7.37. The van der Waals surface area contributed by atoms with Gasteiger partial charge in [-0.1, -0.05) is 38.7 Å². The highest BCUT2D eigenvalue weighted by Gasteiger charge is 2.07. The van der Waals surface area contributed by atoms with Crippen molar-refractivity contribution in [1.29, 1.82) is 0 Å². The topological polar surface area (TPSA) is 38.3 Å². The number of hydrogen-bond donors (Lipinski definition) is 1. The average Bonchev–Trinajstić information content (AvgIpc) is 2.61. The highest BCUT2D eigenvalue weighted by molar-refractivity contribution is 14.1. The maximum absolute atomic E-state index is 12.3. The zero-order chi connectivity index (χ0) is 18.1. The standard InChI is InChI=1S/C21H26INO2/c1-3-4-5-6-7-14-25-19-12-10-18(11-13-19)23-21(24)17-9-8-16(2)20(22)15-17/h8-13,15H,3-7,14H2,1-2H3,(H,23,24). The summed E-state index contributed by atoms with van der Waals surface area (Å²) in [5, 5.41) is 2.92. The van der Waals surface area contributed by atoms with Gasteiger partial charge in [0, 0.05) is 14.8 Å². The second-order valence-electron chi connectivity index (χ2n) is 6.21. The van der Waals surface area contributed by atoms with Gasteiger partial charge in [-0.15, -0.1) is 0 Å². The van der Waals surface area contributed by atoms with Gasteiger partial charge in [0.15, 0.2) is 0 Å². The van der Waals surface area contributed by atoms with E-state index in [1.54, 1.807) is 0 Å². The third-order valence-corrected chi connectivity index (χ3v) is 5.23. The first kappa shape index (κ1) is 19.8. The Labute approximate surface area is 164 Å². The molecule has 4 heteroatoms. The molecule has 0 atom stereocenters. The van der Waals surface area contributed by atoms with E-state index in [1.165, 1.54) is 31.2 Å². The number of hydrogen-bond acceptors (Lipinski definition) is 2. The van der Waals surface area contributed by atoms with E-state index in [4.69, 9.17) is 4.74 Å². The van der Waals surface area contributed by atoms with Gasteiger partial charge in [0.05, 0.1) is 6.61 Å². The fourth-order valence-corrected chi connectivity index (χ4v) is 2.98. The number of rotatable bonds is 9. The summed E-state index contributed by atoms with van der Waals surface area (Å²) >= 11 is 2.25. The van der Waals surface area contributed by atoms with E-state index in [9.17, 15) is 4.79 Å². The molecule has 0 saturated heterocycles. The number of carbonyl (C=O) groups excluding carboxylic acids is 1. The highest BCUT2D eigenvalue weighted by atomic mass is 127. The summed E-state index contributed by atoms with van der Waals surface area (Å²) in [5.74, 6) is 0.751. The molecule has 0 unspecified atom stereocenters. The van der Waals surface area contributed by atoms with E-state index in [2.05, 4.69) is 34.8 Å². The lowest BCUT2D eigenvalue weighted by Crippen LogP contribution is -2.12. The molecule has 0 radical (unpaired) electrons. The van der Waals surface area contributed by atoms with E-state index >= 15 is 0 Å². The molecule has 0 aliphatic heterocycles. The van der Waals surface area contributed by atoms with Gasteiger partial charge in [0.2, 0.25) is 0 Å². The lowest BCUT2D eigenvalue weighted by molar-refractivity contribution is 0.102. The first-order valence-corrected chi connectivity index (χ1v) is 9.98. The highest BCUT2D eigenvalue weighted by Crippen LogP contribution is 2.18. The van der Waals surface area contributed by atoms with Crippen molar-refractivity contribution < 1.29 is 9.53 Å². The molecule has 0 fully saturated rings. The van der Waals surface area contributed by atoms with Crippen LogP contribution < -0.4 is 10.1 Å². The number of aryl methyl sites for hydroxylation is 1. The van der Waals surface area contributed by atoms with Crippen LogP contribution in [0.3, 0.4) is 0 Å². The van der Waals surface area contributed by atoms with Gasteiger partial charge in [-0.3, -0.25) is 4.79 Å². The largest absolute Gasteiger partial charge is 0.494 e. The van der Waals surface area contributed by atoms with Crippen LogP contribution in [0.1, 0.15) is 54.9 Å². The van der Waals surface area contributed by atoms with Crippen molar-refractivity contribution in [3.8, 4) is 5.75 Å².